The van der Waals surface area contributed by atoms with E-state index in [2.05, 4.69) is 20.3 Å². The zero-order valence-electron chi connectivity index (χ0n) is 14.1. The van der Waals surface area contributed by atoms with Gasteiger partial charge < -0.3 is 5.32 Å². The molecule has 3 aromatic rings. The van der Waals surface area contributed by atoms with E-state index in [1.807, 2.05) is 6.07 Å². The van der Waals surface area contributed by atoms with Crippen molar-refractivity contribution in [1.29, 1.82) is 0 Å². The highest BCUT2D eigenvalue weighted by atomic mass is 35.5. The third kappa shape index (κ3) is 3.64. The van der Waals surface area contributed by atoms with Crippen molar-refractivity contribution in [2.24, 2.45) is 0 Å². The van der Waals surface area contributed by atoms with Gasteiger partial charge in [0.2, 0.25) is 5.91 Å². The van der Waals surface area contributed by atoms with Crippen molar-refractivity contribution in [2.45, 2.75) is 0 Å². The molecule has 0 radical (unpaired) electrons. The van der Waals surface area contributed by atoms with Crippen LogP contribution in [0.25, 0.3) is 17.1 Å². The molecule has 4 rings (SSSR count). The van der Waals surface area contributed by atoms with Crippen LogP contribution in [0, 0.1) is 0 Å². The van der Waals surface area contributed by atoms with E-state index in [9.17, 15) is 9.59 Å². The fourth-order valence-electron chi connectivity index (χ4n) is 2.61. The number of carbonyl (C=O) groups excluding carboxylic acids is 2. The first-order valence-corrected chi connectivity index (χ1v) is 9.64. The van der Waals surface area contributed by atoms with Gasteiger partial charge in [0.25, 0.3) is 5.91 Å². The first-order chi connectivity index (χ1) is 13.5. The number of nitrogens with zero attached hydrogens (tertiary/aromatic N) is 3. The van der Waals surface area contributed by atoms with Crippen molar-refractivity contribution < 1.29 is 14.2 Å². The molecule has 2 aromatic carbocycles. The number of thioether (sulfide) groups is 1. The fourth-order valence-corrected chi connectivity index (χ4v) is 4.05. The highest BCUT2D eigenvalue weighted by Gasteiger charge is 2.33. The van der Waals surface area contributed by atoms with Crippen LogP contribution >= 0.6 is 35.6 Å². The zero-order chi connectivity index (χ0) is 19.7. The summed E-state index contributed by atoms with van der Waals surface area (Å²) < 4.78 is 4.98. The maximum atomic E-state index is 12.7. The Bertz CT molecular complexity index is 1140. The molecule has 10 heteroatoms. The number of hydrogen-bond donors (Lipinski definition) is 1. The average Bonchev–Trinajstić information content (AvgIpc) is 3.25. The third-order valence-electron chi connectivity index (χ3n) is 3.93. The predicted octanol–water partition coefficient (Wildman–Crippen LogP) is 3.72. The van der Waals surface area contributed by atoms with E-state index in [0.717, 1.165) is 11.8 Å². The minimum Gasteiger partial charge on any atom is -0.322 e. The normalized spacial score (nSPS) is 15.6. The van der Waals surface area contributed by atoms with Crippen molar-refractivity contribution >= 4 is 74.5 Å². The number of carbonyl (C=O) groups is 2. The number of aromatic nitrogens is 2. The van der Waals surface area contributed by atoms with Crippen LogP contribution in [-0.2, 0) is 9.59 Å². The van der Waals surface area contributed by atoms with Gasteiger partial charge in [-0.25, -0.2) is 4.63 Å². The van der Waals surface area contributed by atoms with Crippen LogP contribution in [0.1, 0.15) is 5.56 Å². The van der Waals surface area contributed by atoms with Gasteiger partial charge in [0.1, 0.15) is 16.4 Å². The van der Waals surface area contributed by atoms with Gasteiger partial charge in [0.15, 0.2) is 5.52 Å². The molecular weight excluding hydrogens is 420 g/mol. The number of thiocarbonyl (C=S) groups is 1. The molecule has 1 aromatic heterocycles. The van der Waals surface area contributed by atoms with Crippen LogP contribution in [-0.4, -0.2) is 37.9 Å². The number of anilines is 1. The summed E-state index contributed by atoms with van der Waals surface area (Å²) in [5.41, 5.74) is 2.10. The first-order valence-electron chi connectivity index (χ1n) is 8.04. The summed E-state index contributed by atoms with van der Waals surface area (Å²) >= 11 is 12.5. The van der Waals surface area contributed by atoms with E-state index in [1.54, 1.807) is 42.5 Å². The molecule has 7 nitrogen and oxygen atoms in total. The Kier molecular flexibility index (Phi) is 5.12. The molecule has 0 aliphatic carbocycles. The van der Waals surface area contributed by atoms with Crippen LogP contribution < -0.4 is 5.32 Å². The number of benzene rings is 2. The summed E-state index contributed by atoms with van der Waals surface area (Å²) in [6, 6.07) is 12.3. The van der Waals surface area contributed by atoms with Crippen LogP contribution in [0.4, 0.5) is 5.69 Å². The first kappa shape index (κ1) is 18.6. The zero-order valence-corrected chi connectivity index (χ0v) is 16.5. The second-order valence-corrected chi connectivity index (χ2v) is 7.86. The van der Waals surface area contributed by atoms with Gasteiger partial charge in [-0.2, -0.15) is 0 Å². The summed E-state index contributed by atoms with van der Waals surface area (Å²) in [5, 5.41) is 10.7. The molecule has 0 unspecified atom stereocenters. The molecule has 1 aliphatic rings. The van der Waals surface area contributed by atoms with E-state index in [1.165, 1.54) is 4.90 Å². The maximum Gasteiger partial charge on any atom is 0.266 e. The molecule has 2 amide bonds. The molecule has 2 heterocycles. The topological polar surface area (TPSA) is 88.3 Å². The van der Waals surface area contributed by atoms with Crippen LogP contribution in [0.2, 0.25) is 5.02 Å². The molecule has 1 N–H and O–H groups in total. The number of hydrogen-bond acceptors (Lipinski definition) is 7. The van der Waals surface area contributed by atoms with Crippen molar-refractivity contribution in [3.05, 3.63) is 58.0 Å². The fraction of sp³-hybridized carbons (Fsp3) is 0.0556. The SMILES string of the molecule is O=C(CN1C(=O)/C(=C\c2ccccc2Cl)SC1=S)Nc1cccc2nonc12. The molecular formula is C18H11ClN4O3S2. The second-order valence-electron chi connectivity index (χ2n) is 5.78. The quantitative estimate of drug-likeness (QED) is 0.498. The summed E-state index contributed by atoms with van der Waals surface area (Å²) in [4.78, 5) is 26.8. The van der Waals surface area contributed by atoms with Crippen molar-refractivity contribution in [3.63, 3.8) is 0 Å². The van der Waals surface area contributed by atoms with E-state index >= 15 is 0 Å². The van der Waals surface area contributed by atoms with E-state index in [4.69, 9.17) is 23.8 Å². The maximum absolute atomic E-state index is 12.7. The highest BCUT2D eigenvalue weighted by molar-refractivity contribution is 8.26. The second kappa shape index (κ2) is 7.70. The van der Waals surface area contributed by atoms with Crippen molar-refractivity contribution in [3.8, 4) is 0 Å². The van der Waals surface area contributed by atoms with Crippen LogP contribution in [0.3, 0.4) is 0 Å². The van der Waals surface area contributed by atoms with Gasteiger partial charge in [-0.05, 0) is 40.2 Å². The molecule has 1 aliphatic heterocycles. The Morgan fingerprint density at radius 3 is 2.89 bits per heavy atom. The summed E-state index contributed by atoms with van der Waals surface area (Å²) in [7, 11) is 0. The molecule has 0 atom stereocenters. The predicted molar refractivity (Wildman–Crippen MR) is 112 cm³/mol. The molecule has 1 fully saturated rings. The van der Waals surface area contributed by atoms with Gasteiger partial charge in [-0.15, -0.1) is 0 Å². The lowest BCUT2D eigenvalue weighted by atomic mass is 10.2. The van der Waals surface area contributed by atoms with Gasteiger partial charge in [0, 0.05) is 5.02 Å². The van der Waals surface area contributed by atoms with Crippen molar-refractivity contribution in [2.75, 3.05) is 11.9 Å². The Morgan fingerprint density at radius 2 is 2.07 bits per heavy atom. The minimum atomic E-state index is -0.411. The monoisotopic (exact) mass is 430 g/mol. The van der Waals surface area contributed by atoms with Crippen molar-refractivity contribution in [1.82, 2.24) is 15.2 Å². The molecule has 28 heavy (non-hydrogen) atoms. The number of fused-ring (bicyclic) bond motifs is 1. The summed E-state index contributed by atoms with van der Waals surface area (Å²) in [6.45, 7) is -0.216. The van der Waals surface area contributed by atoms with Gasteiger partial charge in [0.05, 0.1) is 10.6 Å². The lowest BCUT2D eigenvalue weighted by Gasteiger charge is -2.14. The Hall–Kier alpha value is -2.75. The smallest absolute Gasteiger partial charge is 0.266 e. The molecule has 0 spiro atoms. The van der Waals surface area contributed by atoms with Gasteiger partial charge >= 0.3 is 0 Å². The Labute approximate surface area is 173 Å². The summed E-state index contributed by atoms with van der Waals surface area (Å²) in [6.07, 6.45) is 1.67. The van der Waals surface area contributed by atoms with Gasteiger partial charge in [-0.3, -0.25) is 14.5 Å². The summed E-state index contributed by atoms with van der Waals surface area (Å²) in [5.74, 6) is -0.753. The van der Waals surface area contributed by atoms with Crippen LogP contribution in [0.5, 0.6) is 0 Å². The third-order valence-corrected chi connectivity index (χ3v) is 5.65. The molecule has 0 saturated carbocycles. The standard InChI is InChI=1S/C18H11ClN4O3S2/c19-11-5-2-1-4-10(11)8-14-17(25)23(18(27)28-14)9-15(24)20-12-6-3-7-13-16(12)22-26-21-13/h1-8H,9H2,(H,20,24)/b14-8+. The molecule has 1 saturated heterocycles. The number of halogens is 1. The van der Waals surface area contributed by atoms with E-state index < -0.39 is 5.91 Å². The minimum absolute atomic E-state index is 0.216. The largest absolute Gasteiger partial charge is 0.322 e. The van der Waals surface area contributed by atoms with Crippen LogP contribution in [0.15, 0.2) is 52.0 Å². The van der Waals surface area contributed by atoms with Gasteiger partial charge in [-0.1, -0.05) is 59.8 Å². The molecule has 0 bridgehead atoms. The van der Waals surface area contributed by atoms with E-state index in [0.29, 0.717) is 36.5 Å². The van der Waals surface area contributed by atoms with E-state index in [-0.39, 0.29) is 12.5 Å². The Balaban J connectivity index is 1.49. The highest BCUT2D eigenvalue weighted by Crippen LogP contribution is 2.33. The Morgan fingerprint density at radius 1 is 1.25 bits per heavy atom. The molecule has 140 valence electrons. The number of rotatable bonds is 4. The number of nitrogens with one attached hydrogen (secondary N) is 1. The number of amides is 2. The average molecular weight is 431 g/mol. The lowest BCUT2D eigenvalue weighted by Crippen LogP contribution is -2.36. The lowest BCUT2D eigenvalue weighted by molar-refractivity contribution is -0.126.